The van der Waals surface area contributed by atoms with Crippen LogP contribution >= 0.6 is 0 Å². The van der Waals surface area contributed by atoms with Crippen molar-refractivity contribution in [2.24, 2.45) is 0 Å². The van der Waals surface area contributed by atoms with Crippen LogP contribution in [0.2, 0.25) is 0 Å². The lowest BCUT2D eigenvalue weighted by Gasteiger charge is -2.07. The van der Waals surface area contributed by atoms with Crippen molar-refractivity contribution in [1.82, 2.24) is 0 Å². The molecule has 4 heteroatoms. The number of hydrogen-bond acceptors (Lipinski definition) is 3. The van der Waals surface area contributed by atoms with Gasteiger partial charge in [-0.2, -0.15) is 5.26 Å². The van der Waals surface area contributed by atoms with Gasteiger partial charge in [0.15, 0.2) is 0 Å². The van der Waals surface area contributed by atoms with E-state index < -0.39 is 5.82 Å². The Morgan fingerprint density at radius 3 is 2.76 bits per heavy atom. The molecule has 2 aromatic carbocycles. The first-order valence-electron chi connectivity index (χ1n) is 6.23. The molecule has 104 valence electrons. The fraction of sp³-hybridized carbons (Fsp3) is 0.118. The Bertz CT molecular complexity index is 738. The smallest absolute Gasteiger partial charge is 0.124 e. The normalized spacial score (nSPS) is 9.38. The third-order valence-corrected chi connectivity index (χ3v) is 2.64. The van der Waals surface area contributed by atoms with Crippen LogP contribution in [0.4, 0.5) is 4.39 Å². The number of aliphatic hydroxyl groups excluding tert-OH is 1. The molecule has 1 N–H and O–H groups in total. The number of nitriles is 1. The van der Waals surface area contributed by atoms with Crippen molar-refractivity contribution in [3.05, 3.63) is 65.0 Å². The molecule has 2 rings (SSSR count). The van der Waals surface area contributed by atoms with E-state index >= 15 is 0 Å². The van der Waals surface area contributed by atoms with Gasteiger partial charge >= 0.3 is 0 Å². The highest BCUT2D eigenvalue weighted by Gasteiger charge is 2.02. The summed E-state index contributed by atoms with van der Waals surface area (Å²) in [6.07, 6.45) is 0. The van der Waals surface area contributed by atoms with Crippen LogP contribution in [0.25, 0.3) is 0 Å². The van der Waals surface area contributed by atoms with Gasteiger partial charge < -0.3 is 9.84 Å². The lowest BCUT2D eigenvalue weighted by molar-refractivity contribution is 0.305. The van der Waals surface area contributed by atoms with E-state index in [9.17, 15) is 4.39 Å². The Morgan fingerprint density at radius 1 is 1.14 bits per heavy atom. The summed E-state index contributed by atoms with van der Waals surface area (Å²) in [5.74, 6) is 5.45. The Hall–Kier alpha value is -2.82. The Morgan fingerprint density at radius 2 is 2.00 bits per heavy atom. The number of benzene rings is 2. The molecule has 0 atom stereocenters. The highest BCUT2D eigenvalue weighted by molar-refractivity contribution is 5.40. The molecule has 0 saturated heterocycles. The molecule has 0 aliphatic heterocycles. The fourth-order valence-electron chi connectivity index (χ4n) is 1.77. The number of hydrogen-bond donors (Lipinski definition) is 1. The molecule has 3 nitrogen and oxygen atoms in total. The second-order valence-electron chi connectivity index (χ2n) is 4.24. The molecule has 2 aromatic rings. The van der Waals surface area contributed by atoms with Gasteiger partial charge in [0.25, 0.3) is 0 Å². The van der Waals surface area contributed by atoms with Gasteiger partial charge in [0.1, 0.15) is 24.8 Å². The van der Waals surface area contributed by atoms with Crippen LogP contribution in [0.3, 0.4) is 0 Å². The molecule has 0 radical (unpaired) electrons. The molecule has 0 unspecified atom stereocenters. The molecule has 0 amide bonds. The first-order chi connectivity index (χ1) is 10.2. The summed E-state index contributed by atoms with van der Waals surface area (Å²) in [6, 6.07) is 13.1. The summed E-state index contributed by atoms with van der Waals surface area (Å²) in [6.45, 7) is -0.0470. The molecule has 0 aliphatic rings. The molecule has 0 spiro atoms. The van der Waals surface area contributed by atoms with Crippen molar-refractivity contribution < 1.29 is 14.2 Å². The van der Waals surface area contributed by atoms with E-state index in [0.717, 1.165) is 5.56 Å². The SMILES string of the molecule is N#Cc1cc(F)cc(COc2cccc(C#CCO)c2)c1. The third-order valence-electron chi connectivity index (χ3n) is 2.64. The zero-order chi connectivity index (χ0) is 15.1. The molecule has 0 aromatic heterocycles. The van der Waals surface area contributed by atoms with E-state index in [1.807, 2.05) is 6.07 Å². The van der Waals surface area contributed by atoms with E-state index in [1.165, 1.54) is 12.1 Å². The monoisotopic (exact) mass is 281 g/mol. The molecule has 0 heterocycles. The van der Waals surface area contributed by atoms with E-state index in [-0.39, 0.29) is 18.8 Å². The van der Waals surface area contributed by atoms with E-state index in [0.29, 0.717) is 11.3 Å². The fourth-order valence-corrected chi connectivity index (χ4v) is 1.77. The first-order valence-corrected chi connectivity index (χ1v) is 6.23. The number of ether oxygens (including phenoxy) is 1. The predicted octanol–water partition coefficient (Wildman–Crippen LogP) is 2.62. The van der Waals surface area contributed by atoms with Crippen LogP contribution < -0.4 is 4.74 Å². The maximum atomic E-state index is 13.3. The third kappa shape index (κ3) is 4.35. The predicted molar refractivity (Wildman–Crippen MR) is 75.9 cm³/mol. The van der Waals surface area contributed by atoms with Gasteiger partial charge in [-0.15, -0.1) is 0 Å². The van der Waals surface area contributed by atoms with Gasteiger partial charge in [-0.25, -0.2) is 4.39 Å². The van der Waals surface area contributed by atoms with Gasteiger partial charge in [-0.3, -0.25) is 0 Å². The summed E-state index contributed by atoms with van der Waals surface area (Å²) in [5.41, 5.74) is 1.56. The second kappa shape index (κ2) is 7.09. The van der Waals surface area contributed by atoms with Crippen LogP contribution in [0, 0.1) is 29.0 Å². The first kappa shape index (κ1) is 14.6. The molecule has 0 aliphatic carbocycles. The maximum absolute atomic E-state index is 13.3. The summed E-state index contributed by atoms with van der Waals surface area (Å²) < 4.78 is 18.9. The summed E-state index contributed by atoms with van der Waals surface area (Å²) in [4.78, 5) is 0. The topological polar surface area (TPSA) is 53.2 Å². The minimum atomic E-state index is -0.463. The zero-order valence-electron chi connectivity index (χ0n) is 11.1. The van der Waals surface area contributed by atoms with Crippen molar-refractivity contribution in [2.75, 3.05) is 6.61 Å². The van der Waals surface area contributed by atoms with Gasteiger partial charge in [-0.1, -0.05) is 17.9 Å². The minimum Gasteiger partial charge on any atom is -0.489 e. The van der Waals surface area contributed by atoms with Crippen LogP contribution in [0.15, 0.2) is 42.5 Å². The molecule has 0 saturated carbocycles. The van der Waals surface area contributed by atoms with Crippen LogP contribution in [-0.4, -0.2) is 11.7 Å². The van der Waals surface area contributed by atoms with E-state index in [1.54, 1.807) is 30.3 Å². The average Bonchev–Trinajstić information content (AvgIpc) is 2.51. The lowest BCUT2D eigenvalue weighted by Crippen LogP contribution is -1.97. The number of rotatable bonds is 3. The highest BCUT2D eigenvalue weighted by Crippen LogP contribution is 2.16. The zero-order valence-corrected chi connectivity index (χ0v) is 11.1. The number of nitrogens with zero attached hydrogens (tertiary/aromatic N) is 1. The summed E-state index contributed by atoms with van der Waals surface area (Å²) in [5, 5.41) is 17.5. The van der Waals surface area contributed by atoms with Gasteiger partial charge in [-0.05, 0) is 42.0 Å². The Kier molecular flexibility index (Phi) is 4.93. The minimum absolute atomic E-state index is 0.156. The van der Waals surface area contributed by atoms with Crippen LogP contribution in [0.1, 0.15) is 16.7 Å². The van der Waals surface area contributed by atoms with Crippen LogP contribution in [0.5, 0.6) is 5.75 Å². The van der Waals surface area contributed by atoms with Crippen molar-refractivity contribution in [3.8, 4) is 23.7 Å². The quantitative estimate of drug-likeness (QED) is 0.880. The summed E-state index contributed by atoms with van der Waals surface area (Å²) in [7, 11) is 0. The molecular weight excluding hydrogens is 269 g/mol. The largest absolute Gasteiger partial charge is 0.489 e. The highest BCUT2D eigenvalue weighted by atomic mass is 19.1. The lowest BCUT2D eigenvalue weighted by atomic mass is 10.1. The van der Waals surface area contributed by atoms with E-state index in [4.69, 9.17) is 15.1 Å². The van der Waals surface area contributed by atoms with Gasteiger partial charge in [0.05, 0.1) is 11.6 Å². The Labute approximate surface area is 122 Å². The van der Waals surface area contributed by atoms with E-state index in [2.05, 4.69) is 11.8 Å². The average molecular weight is 281 g/mol. The van der Waals surface area contributed by atoms with Crippen molar-refractivity contribution in [3.63, 3.8) is 0 Å². The molecule has 0 fully saturated rings. The number of aliphatic hydroxyl groups is 1. The molecule has 0 bridgehead atoms. The van der Waals surface area contributed by atoms with Crippen molar-refractivity contribution in [2.45, 2.75) is 6.61 Å². The molecular formula is C17H12FNO2. The Balaban J connectivity index is 2.10. The van der Waals surface area contributed by atoms with Gasteiger partial charge in [0, 0.05) is 5.56 Å². The second-order valence-corrected chi connectivity index (χ2v) is 4.24. The van der Waals surface area contributed by atoms with Crippen LogP contribution in [-0.2, 0) is 6.61 Å². The van der Waals surface area contributed by atoms with Gasteiger partial charge in [0.2, 0.25) is 0 Å². The van der Waals surface area contributed by atoms with Crippen molar-refractivity contribution >= 4 is 0 Å². The maximum Gasteiger partial charge on any atom is 0.124 e. The van der Waals surface area contributed by atoms with Crippen molar-refractivity contribution in [1.29, 1.82) is 5.26 Å². The molecule has 21 heavy (non-hydrogen) atoms. The standard InChI is InChI=1S/C17H12FNO2/c18-16-8-14(11-19)7-15(9-16)12-21-17-5-1-3-13(10-17)4-2-6-20/h1,3,5,7-10,20H,6,12H2. The number of halogens is 1. The summed E-state index contributed by atoms with van der Waals surface area (Å²) >= 11 is 0.